The van der Waals surface area contributed by atoms with Gasteiger partial charge in [-0.2, -0.15) is 0 Å². The molecule has 1 fully saturated rings. The predicted molar refractivity (Wildman–Crippen MR) is 45.9 cm³/mol. The number of aliphatic hydroxyl groups is 1. The van der Waals surface area contributed by atoms with Crippen LogP contribution in [-0.4, -0.2) is 23.9 Å². The Morgan fingerprint density at radius 1 is 1.38 bits per heavy atom. The number of hydrogen-bond donors (Lipinski definition) is 1. The highest BCUT2D eigenvalue weighted by molar-refractivity contribution is 5.20. The van der Waals surface area contributed by atoms with Gasteiger partial charge in [0.15, 0.2) is 0 Å². The van der Waals surface area contributed by atoms with Crippen molar-refractivity contribution >= 4 is 0 Å². The van der Waals surface area contributed by atoms with Crippen LogP contribution in [0.4, 0.5) is 4.39 Å². The van der Waals surface area contributed by atoms with Gasteiger partial charge >= 0.3 is 0 Å². The number of hydrogen-bond acceptors (Lipinski definition) is 2. The standard InChI is InChI=1S/C10H11FO2/c11-9-4-2-1-3-8(9)5-10(12)6-13-7-10/h1-4,12H,5-7H2. The van der Waals surface area contributed by atoms with Crippen molar-refractivity contribution in [2.24, 2.45) is 0 Å². The fraction of sp³-hybridized carbons (Fsp3) is 0.400. The maximum atomic E-state index is 13.1. The molecule has 0 saturated carbocycles. The molecule has 1 N–H and O–H groups in total. The van der Waals surface area contributed by atoms with E-state index in [-0.39, 0.29) is 5.82 Å². The summed E-state index contributed by atoms with van der Waals surface area (Å²) in [6.45, 7) is 0.614. The molecule has 70 valence electrons. The second-order valence-electron chi connectivity index (χ2n) is 3.49. The molecule has 13 heavy (non-hydrogen) atoms. The lowest BCUT2D eigenvalue weighted by Gasteiger charge is -2.36. The summed E-state index contributed by atoms with van der Waals surface area (Å²) in [5.41, 5.74) is -0.296. The maximum Gasteiger partial charge on any atom is 0.126 e. The average molecular weight is 182 g/mol. The quantitative estimate of drug-likeness (QED) is 0.743. The molecule has 1 saturated heterocycles. The van der Waals surface area contributed by atoms with Crippen molar-refractivity contribution in [3.8, 4) is 0 Å². The molecule has 0 bridgehead atoms. The van der Waals surface area contributed by atoms with Gasteiger partial charge in [0, 0.05) is 6.42 Å². The van der Waals surface area contributed by atoms with Crippen LogP contribution in [-0.2, 0) is 11.2 Å². The van der Waals surface area contributed by atoms with Crippen molar-refractivity contribution in [3.63, 3.8) is 0 Å². The first-order valence-electron chi connectivity index (χ1n) is 4.23. The molecule has 0 spiro atoms. The summed E-state index contributed by atoms with van der Waals surface area (Å²) in [5, 5.41) is 9.70. The SMILES string of the molecule is OC1(Cc2ccccc2F)COC1. The second kappa shape index (κ2) is 3.09. The average Bonchev–Trinajstić information content (AvgIpc) is 2.06. The lowest BCUT2D eigenvalue weighted by Crippen LogP contribution is -2.51. The third-order valence-corrected chi connectivity index (χ3v) is 2.22. The molecular weight excluding hydrogens is 171 g/mol. The molecule has 3 heteroatoms. The van der Waals surface area contributed by atoms with Crippen molar-refractivity contribution in [1.29, 1.82) is 0 Å². The Hall–Kier alpha value is -0.930. The van der Waals surface area contributed by atoms with E-state index in [2.05, 4.69) is 0 Å². The van der Waals surface area contributed by atoms with Crippen molar-refractivity contribution < 1.29 is 14.2 Å². The van der Waals surface area contributed by atoms with Crippen LogP contribution >= 0.6 is 0 Å². The van der Waals surface area contributed by atoms with Gasteiger partial charge in [-0.25, -0.2) is 4.39 Å². The molecule has 1 aliphatic heterocycles. The van der Waals surface area contributed by atoms with Gasteiger partial charge in [0.2, 0.25) is 0 Å². The molecule has 0 amide bonds. The Labute approximate surface area is 76.0 Å². The zero-order valence-electron chi connectivity index (χ0n) is 7.16. The third-order valence-electron chi connectivity index (χ3n) is 2.22. The van der Waals surface area contributed by atoms with E-state index >= 15 is 0 Å². The first-order chi connectivity index (χ1) is 6.20. The van der Waals surface area contributed by atoms with Crippen LogP contribution in [0.1, 0.15) is 5.56 Å². The molecule has 0 aromatic heterocycles. The zero-order valence-corrected chi connectivity index (χ0v) is 7.16. The molecule has 2 rings (SSSR count). The lowest BCUT2D eigenvalue weighted by atomic mass is 9.93. The lowest BCUT2D eigenvalue weighted by molar-refractivity contribution is -0.177. The Bertz CT molecular complexity index is 308. The highest BCUT2D eigenvalue weighted by Crippen LogP contribution is 2.23. The molecule has 1 aliphatic rings. The van der Waals surface area contributed by atoms with Crippen molar-refractivity contribution in [3.05, 3.63) is 35.6 Å². The minimum atomic E-state index is -0.845. The van der Waals surface area contributed by atoms with Crippen LogP contribution in [0.2, 0.25) is 0 Å². The molecule has 1 heterocycles. The van der Waals surface area contributed by atoms with Gasteiger partial charge in [0.1, 0.15) is 11.4 Å². The fourth-order valence-corrected chi connectivity index (χ4v) is 1.44. The van der Waals surface area contributed by atoms with E-state index in [9.17, 15) is 9.50 Å². The van der Waals surface area contributed by atoms with Crippen LogP contribution in [0.25, 0.3) is 0 Å². The minimum Gasteiger partial charge on any atom is -0.385 e. The molecule has 2 nitrogen and oxygen atoms in total. The molecule has 0 aliphatic carbocycles. The van der Waals surface area contributed by atoms with Crippen LogP contribution in [0.3, 0.4) is 0 Å². The third kappa shape index (κ3) is 1.71. The summed E-state index contributed by atoms with van der Waals surface area (Å²) in [7, 11) is 0. The Balaban J connectivity index is 2.13. The zero-order chi connectivity index (χ0) is 9.31. The van der Waals surface area contributed by atoms with Crippen molar-refractivity contribution in [1.82, 2.24) is 0 Å². The summed E-state index contributed by atoms with van der Waals surface area (Å²) >= 11 is 0. The van der Waals surface area contributed by atoms with E-state index in [0.717, 1.165) is 0 Å². The molecule has 0 radical (unpaired) electrons. The van der Waals surface area contributed by atoms with Crippen molar-refractivity contribution in [2.75, 3.05) is 13.2 Å². The van der Waals surface area contributed by atoms with Crippen LogP contribution in [0.15, 0.2) is 24.3 Å². The maximum absolute atomic E-state index is 13.1. The molecule has 1 aromatic carbocycles. The smallest absolute Gasteiger partial charge is 0.126 e. The molecular formula is C10H11FO2. The van der Waals surface area contributed by atoms with Crippen molar-refractivity contribution in [2.45, 2.75) is 12.0 Å². The van der Waals surface area contributed by atoms with E-state index < -0.39 is 5.60 Å². The van der Waals surface area contributed by atoms with E-state index in [1.165, 1.54) is 6.07 Å². The summed E-state index contributed by atoms with van der Waals surface area (Å²) in [4.78, 5) is 0. The van der Waals surface area contributed by atoms with Gasteiger partial charge in [0.25, 0.3) is 0 Å². The highest BCUT2D eigenvalue weighted by atomic mass is 19.1. The molecule has 1 aromatic rings. The van der Waals surface area contributed by atoms with Crippen LogP contribution in [0.5, 0.6) is 0 Å². The van der Waals surface area contributed by atoms with Gasteiger partial charge in [0.05, 0.1) is 13.2 Å². The van der Waals surface area contributed by atoms with E-state index in [0.29, 0.717) is 25.2 Å². The fourth-order valence-electron chi connectivity index (χ4n) is 1.44. The van der Waals surface area contributed by atoms with E-state index in [1.807, 2.05) is 0 Å². The minimum absolute atomic E-state index is 0.261. The molecule has 0 unspecified atom stereocenters. The van der Waals surface area contributed by atoms with E-state index in [1.54, 1.807) is 18.2 Å². The number of rotatable bonds is 2. The van der Waals surface area contributed by atoms with Gasteiger partial charge in [-0.05, 0) is 11.6 Å². The Morgan fingerprint density at radius 3 is 2.62 bits per heavy atom. The van der Waals surface area contributed by atoms with Gasteiger partial charge < -0.3 is 9.84 Å². The Kier molecular flexibility index (Phi) is 2.06. The highest BCUT2D eigenvalue weighted by Gasteiger charge is 2.36. The van der Waals surface area contributed by atoms with Crippen LogP contribution < -0.4 is 0 Å². The number of benzene rings is 1. The largest absolute Gasteiger partial charge is 0.385 e. The first kappa shape index (κ1) is 8.66. The van der Waals surface area contributed by atoms with Gasteiger partial charge in [-0.3, -0.25) is 0 Å². The normalized spacial score (nSPS) is 19.5. The first-order valence-corrected chi connectivity index (χ1v) is 4.23. The predicted octanol–water partition coefficient (Wildman–Crippen LogP) is 1.13. The second-order valence-corrected chi connectivity index (χ2v) is 3.49. The van der Waals surface area contributed by atoms with E-state index in [4.69, 9.17) is 4.74 Å². The summed E-state index contributed by atoms with van der Waals surface area (Å²) in [5.74, 6) is -0.261. The van der Waals surface area contributed by atoms with Crippen LogP contribution in [0, 0.1) is 5.82 Å². The topological polar surface area (TPSA) is 29.5 Å². The summed E-state index contributed by atoms with van der Waals surface area (Å²) < 4.78 is 18.0. The summed E-state index contributed by atoms with van der Waals surface area (Å²) in [6.07, 6.45) is 0.333. The molecule has 0 atom stereocenters. The summed E-state index contributed by atoms with van der Waals surface area (Å²) in [6, 6.07) is 6.49. The number of halogens is 1. The van der Waals surface area contributed by atoms with Gasteiger partial charge in [-0.15, -0.1) is 0 Å². The Morgan fingerprint density at radius 2 is 2.08 bits per heavy atom. The number of ether oxygens (including phenoxy) is 1. The van der Waals surface area contributed by atoms with Gasteiger partial charge in [-0.1, -0.05) is 18.2 Å². The monoisotopic (exact) mass is 182 g/mol.